The summed E-state index contributed by atoms with van der Waals surface area (Å²) in [5, 5.41) is 11.5. The third-order valence-corrected chi connectivity index (χ3v) is 3.74. The fourth-order valence-corrected chi connectivity index (χ4v) is 2.68. The second-order valence-electron chi connectivity index (χ2n) is 6.05. The topological polar surface area (TPSA) is 64.7 Å². The summed E-state index contributed by atoms with van der Waals surface area (Å²) in [4.78, 5) is 12.1. The predicted octanol–water partition coefficient (Wildman–Crippen LogP) is 2.69. The van der Waals surface area contributed by atoms with Crippen molar-refractivity contribution < 1.29 is 4.79 Å². The van der Waals surface area contributed by atoms with Crippen LogP contribution in [-0.4, -0.2) is 25.5 Å². The minimum absolute atomic E-state index is 0.115. The lowest BCUT2D eigenvalue weighted by Gasteiger charge is -2.05. The molecule has 0 aliphatic carbocycles. The molecule has 3 aromatic rings. The highest BCUT2D eigenvalue weighted by Crippen LogP contribution is 2.10. The molecule has 1 amide bonds. The second kappa shape index (κ2) is 6.70. The molecule has 1 N–H and O–H groups in total. The van der Waals surface area contributed by atoms with Gasteiger partial charge < -0.3 is 5.32 Å². The van der Waals surface area contributed by atoms with Gasteiger partial charge in [-0.2, -0.15) is 10.2 Å². The molecule has 0 aliphatic rings. The third kappa shape index (κ3) is 3.90. The molecule has 0 radical (unpaired) electrons. The van der Waals surface area contributed by atoms with Gasteiger partial charge in [-0.1, -0.05) is 29.8 Å². The smallest absolute Gasteiger partial charge is 0.246 e. The molecule has 24 heavy (non-hydrogen) atoms. The van der Waals surface area contributed by atoms with Gasteiger partial charge in [-0.25, -0.2) is 0 Å². The Morgan fingerprint density at radius 2 is 2.04 bits per heavy atom. The summed E-state index contributed by atoms with van der Waals surface area (Å²) < 4.78 is 3.51. The van der Waals surface area contributed by atoms with Crippen LogP contribution in [0.2, 0.25) is 0 Å². The van der Waals surface area contributed by atoms with Crippen LogP contribution in [0.5, 0.6) is 0 Å². The Bertz CT molecular complexity index is 862. The summed E-state index contributed by atoms with van der Waals surface area (Å²) in [6, 6.07) is 10.2. The quantitative estimate of drug-likeness (QED) is 0.785. The van der Waals surface area contributed by atoms with Crippen molar-refractivity contribution >= 4 is 11.6 Å². The summed E-state index contributed by atoms with van der Waals surface area (Å²) in [5.74, 6) is -0.115. The number of amides is 1. The van der Waals surface area contributed by atoms with Gasteiger partial charge in [-0.15, -0.1) is 0 Å². The molecule has 0 aliphatic heterocycles. The summed E-state index contributed by atoms with van der Waals surface area (Å²) in [7, 11) is 0. The molecule has 0 saturated heterocycles. The van der Waals surface area contributed by atoms with E-state index in [2.05, 4.69) is 40.6 Å². The fraction of sp³-hybridized carbons (Fsp3) is 0.278. The maximum Gasteiger partial charge on any atom is 0.246 e. The summed E-state index contributed by atoms with van der Waals surface area (Å²) in [6.07, 6.45) is 3.50. The largest absolute Gasteiger partial charge is 0.322 e. The van der Waals surface area contributed by atoms with E-state index >= 15 is 0 Å². The predicted molar refractivity (Wildman–Crippen MR) is 92.8 cm³/mol. The van der Waals surface area contributed by atoms with Crippen LogP contribution in [0.25, 0.3) is 0 Å². The summed E-state index contributed by atoms with van der Waals surface area (Å²) in [6.45, 7) is 6.79. The monoisotopic (exact) mass is 323 g/mol. The minimum Gasteiger partial charge on any atom is -0.322 e. The van der Waals surface area contributed by atoms with Gasteiger partial charge in [-0.05, 0) is 32.4 Å². The second-order valence-corrected chi connectivity index (χ2v) is 6.05. The normalized spacial score (nSPS) is 10.8. The Hall–Kier alpha value is -2.89. The van der Waals surface area contributed by atoms with Crippen molar-refractivity contribution in [2.24, 2.45) is 0 Å². The van der Waals surface area contributed by atoms with E-state index in [1.807, 2.05) is 36.9 Å². The molecule has 2 heterocycles. The Labute approximate surface area is 141 Å². The number of aryl methyl sites for hydroxylation is 3. The van der Waals surface area contributed by atoms with Crippen LogP contribution in [0.4, 0.5) is 5.69 Å². The molecule has 0 spiro atoms. The molecule has 124 valence electrons. The Morgan fingerprint density at radius 1 is 1.21 bits per heavy atom. The zero-order valence-corrected chi connectivity index (χ0v) is 14.2. The Balaban J connectivity index is 1.61. The number of anilines is 1. The highest BCUT2D eigenvalue weighted by molar-refractivity contribution is 5.90. The number of hydrogen-bond donors (Lipinski definition) is 1. The van der Waals surface area contributed by atoms with Gasteiger partial charge in [0.05, 0.1) is 24.1 Å². The lowest BCUT2D eigenvalue weighted by atomic mass is 10.1. The lowest BCUT2D eigenvalue weighted by Crippen LogP contribution is -2.20. The summed E-state index contributed by atoms with van der Waals surface area (Å²) >= 11 is 0. The Kier molecular flexibility index (Phi) is 4.46. The van der Waals surface area contributed by atoms with E-state index in [0.717, 1.165) is 11.4 Å². The number of aromatic nitrogens is 4. The van der Waals surface area contributed by atoms with Crippen molar-refractivity contribution in [2.45, 2.75) is 33.9 Å². The van der Waals surface area contributed by atoms with E-state index in [-0.39, 0.29) is 12.5 Å². The van der Waals surface area contributed by atoms with Gasteiger partial charge in [0.25, 0.3) is 0 Å². The van der Waals surface area contributed by atoms with Crippen LogP contribution >= 0.6 is 0 Å². The van der Waals surface area contributed by atoms with E-state index < -0.39 is 0 Å². The zero-order chi connectivity index (χ0) is 17.1. The average molecular weight is 323 g/mol. The van der Waals surface area contributed by atoms with Gasteiger partial charge in [-0.3, -0.25) is 14.2 Å². The minimum atomic E-state index is -0.115. The molecule has 6 nitrogen and oxygen atoms in total. The van der Waals surface area contributed by atoms with E-state index in [4.69, 9.17) is 0 Å². The molecule has 0 bridgehead atoms. The highest BCUT2D eigenvalue weighted by Gasteiger charge is 2.09. The molecule has 1 aromatic carbocycles. The van der Waals surface area contributed by atoms with Crippen LogP contribution in [-0.2, 0) is 17.9 Å². The first kappa shape index (κ1) is 16.0. The average Bonchev–Trinajstić information content (AvgIpc) is 3.05. The standard InChI is InChI=1S/C18H21N5O/c1-13-5-4-6-16(7-13)10-22-11-17(9-19-22)20-18(24)12-23-15(3)8-14(2)21-23/h4-9,11H,10,12H2,1-3H3,(H,20,24). The first-order valence-corrected chi connectivity index (χ1v) is 7.88. The molecule has 2 aromatic heterocycles. The maximum atomic E-state index is 12.1. The van der Waals surface area contributed by atoms with Crippen LogP contribution in [0, 0.1) is 20.8 Å². The SMILES string of the molecule is Cc1cccc(Cn2cc(NC(=O)Cn3nc(C)cc3C)cn2)c1. The van der Waals surface area contributed by atoms with E-state index in [0.29, 0.717) is 12.2 Å². The van der Waals surface area contributed by atoms with Crippen molar-refractivity contribution in [3.8, 4) is 0 Å². The van der Waals surface area contributed by atoms with Gasteiger partial charge >= 0.3 is 0 Å². The van der Waals surface area contributed by atoms with Gasteiger partial charge in [0.1, 0.15) is 6.54 Å². The molecule has 0 unspecified atom stereocenters. The molecule has 0 fully saturated rings. The number of rotatable bonds is 5. The number of carbonyl (C=O) groups excluding carboxylic acids is 1. The van der Waals surface area contributed by atoms with Crippen molar-refractivity contribution in [1.82, 2.24) is 19.6 Å². The highest BCUT2D eigenvalue weighted by atomic mass is 16.2. The van der Waals surface area contributed by atoms with Crippen LogP contribution in [0.1, 0.15) is 22.5 Å². The number of hydrogen-bond acceptors (Lipinski definition) is 3. The zero-order valence-electron chi connectivity index (χ0n) is 14.2. The van der Waals surface area contributed by atoms with E-state index in [9.17, 15) is 4.79 Å². The molecular formula is C18H21N5O. The molecule has 3 rings (SSSR count). The molecular weight excluding hydrogens is 302 g/mol. The molecule has 0 saturated carbocycles. The van der Waals surface area contributed by atoms with Gasteiger partial charge in [0.15, 0.2) is 0 Å². The Morgan fingerprint density at radius 3 is 2.75 bits per heavy atom. The van der Waals surface area contributed by atoms with E-state index in [1.54, 1.807) is 10.9 Å². The fourth-order valence-electron chi connectivity index (χ4n) is 2.68. The number of benzene rings is 1. The number of nitrogens with zero attached hydrogens (tertiary/aromatic N) is 4. The van der Waals surface area contributed by atoms with Gasteiger partial charge in [0, 0.05) is 11.9 Å². The third-order valence-electron chi connectivity index (χ3n) is 3.74. The van der Waals surface area contributed by atoms with Crippen LogP contribution in [0.15, 0.2) is 42.7 Å². The lowest BCUT2D eigenvalue weighted by molar-refractivity contribution is -0.116. The number of nitrogens with one attached hydrogen (secondary N) is 1. The van der Waals surface area contributed by atoms with Crippen LogP contribution < -0.4 is 5.32 Å². The van der Waals surface area contributed by atoms with Crippen molar-refractivity contribution in [3.05, 3.63) is 65.2 Å². The van der Waals surface area contributed by atoms with Crippen molar-refractivity contribution in [3.63, 3.8) is 0 Å². The maximum absolute atomic E-state index is 12.1. The van der Waals surface area contributed by atoms with Crippen molar-refractivity contribution in [2.75, 3.05) is 5.32 Å². The van der Waals surface area contributed by atoms with Crippen LogP contribution in [0.3, 0.4) is 0 Å². The van der Waals surface area contributed by atoms with E-state index in [1.165, 1.54) is 11.1 Å². The molecule has 0 atom stereocenters. The first-order valence-electron chi connectivity index (χ1n) is 7.88. The molecule has 6 heteroatoms. The number of carbonyl (C=O) groups is 1. The van der Waals surface area contributed by atoms with Crippen molar-refractivity contribution in [1.29, 1.82) is 0 Å². The summed E-state index contributed by atoms with van der Waals surface area (Å²) in [5.41, 5.74) is 4.97. The first-order chi connectivity index (χ1) is 11.5. The van der Waals surface area contributed by atoms with Gasteiger partial charge in [0.2, 0.25) is 5.91 Å².